The Bertz CT molecular complexity index is 922. The van der Waals surface area contributed by atoms with E-state index in [9.17, 15) is 8.42 Å². The third-order valence-electron chi connectivity index (χ3n) is 3.42. The van der Waals surface area contributed by atoms with Crippen molar-refractivity contribution >= 4 is 27.3 Å². The van der Waals surface area contributed by atoms with E-state index < -0.39 is 10.0 Å². The monoisotopic (exact) mass is 358 g/mol. The van der Waals surface area contributed by atoms with Gasteiger partial charge in [-0.3, -0.25) is 4.72 Å². The van der Waals surface area contributed by atoms with Crippen molar-refractivity contribution in [3.63, 3.8) is 0 Å². The van der Waals surface area contributed by atoms with E-state index in [1.807, 2.05) is 30.3 Å². The number of nitrogens with one attached hydrogen (secondary N) is 2. The number of pyridine rings is 1. The van der Waals surface area contributed by atoms with Crippen LogP contribution in [-0.2, 0) is 16.4 Å². The molecule has 3 rings (SSSR count). The Morgan fingerprint density at radius 2 is 1.88 bits per heavy atom. The van der Waals surface area contributed by atoms with Crippen molar-refractivity contribution in [3.05, 3.63) is 66.1 Å². The van der Waals surface area contributed by atoms with Gasteiger partial charge in [0.25, 0.3) is 0 Å². The molecule has 0 spiro atoms. The topological polar surface area (TPSA) is 97.1 Å². The van der Waals surface area contributed by atoms with Crippen molar-refractivity contribution in [1.29, 1.82) is 0 Å². The molecule has 2 aromatic heterocycles. The summed E-state index contributed by atoms with van der Waals surface area (Å²) in [6.07, 6.45) is 1.91. The van der Waals surface area contributed by atoms with Crippen molar-refractivity contribution in [2.45, 2.75) is 13.3 Å². The summed E-state index contributed by atoms with van der Waals surface area (Å²) >= 11 is 0. The maximum Gasteiger partial charge on any atom is 0.233 e. The first-order valence-electron chi connectivity index (χ1n) is 7.71. The molecule has 8 heteroatoms. The zero-order chi connectivity index (χ0) is 17.7. The first-order chi connectivity index (χ1) is 12.0. The summed E-state index contributed by atoms with van der Waals surface area (Å²) in [4.78, 5) is 4.17. The van der Waals surface area contributed by atoms with Crippen LogP contribution in [0.25, 0.3) is 0 Å². The number of nitrogens with zero attached hydrogens (tertiary/aromatic N) is 2. The molecule has 0 saturated heterocycles. The van der Waals surface area contributed by atoms with Gasteiger partial charge in [0.05, 0.1) is 17.6 Å². The predicted molar refractivity (Wildman–Crippen MR) is 96.3 cm³/mol. The number of sulfonamides is 1. The van der Waals surface area contributed by atoms with Crippen molar-refractivity contribution in [2.75, 3.05) is 15.8 Å². The molecule has 0 aliphatic rings. The lowest BCUT2D eigenvalue weighted by atomic mass is 10.2. The van der Waals surface area contributed by atoms with E-state index in [0.29, 0.717) is 29.5 Å². The van der Waals surface area contributed by atoms with E-state index in [2.05, 4.69) is 20.2 Å². The van der Waals surface area contributed by atoms with E-state index in [4.69, 9.17) is 4.52 Å². The Balaban J connectivity index is 1.58. The molecule has 0 amide bonds. The van der Waals surface area contributed by atoms with Gasteiger partial charge in [0.1, 0.15) is 11.6 Å². The summed E-state index contributed by atoms with van der Waals surface area (Å²) in [6, 6.07) is 14.5. The van der Waals surface area contributed by atoms with Gasteiger partial charge in [0, 0.05) is 6.07 Å². The number of aromatic nitrogens is 2. The molecular weight excluding hydrogens is 340 g/mol. The molecule has 0 bridgehead atoms. The average Bonchev–Trinajstić information content (AvgIpc) is 3.01. The quantitative estimate of drug-likeness (QED) is 0.673. The molecule has 7 nitrogen and oxygen atoms in total. The normalized spacial score (nSPS) is 11.2. The number of aryl methyl sites for hydroxylation is 2. The summed E-state index contributed by atoms with van der Waals surface area (Å²) in [5.74, 6) is 1.78. The first kappa shape index (κ1) is 17.0. The third kappa shape index (κ3) is 5.05. The molecule has 3 aromatic rings. The molecule has 0 unspecified atom stereocenters. The lowest BCUT2D eigenvalue weighted by molar-refractivity contribution is 0.400. The van der Waals surface area contributed by atoms with E-state index in [0.717, 1.165) is 5.56 Å². The van der Waals surface area contributed by atoms with E-state index in [1.165, 1.54) is 6.20 Å². The van der Waals surface area contributed by atoms with Crippen molar-refractivity contribution in [1.82, 2.24) is 10.1 Å². The summed E-state index contributed by atoms with van der Waals surface area (Å²) in [5, 5.41) is 6.78. The minimum atomic E-state index is -3.44. The fraction of sp³-hybridized carbons (Fsp3) is 0.176. The molecule has 0 atom stereocenters. The summed E-state index contributed by atoms with van der Waals surface area (Å²) in [5.41, 5.74) is 1.39. The van der Waals surface area contributed by atoms with Crippen molar-refractivity contribution in [2.24, 2.45) is 0 Å². The lowest BCUT2D eigenvalue weighted by Gasteiger charge is -2.08. The highest BCUT2D eigenvalue weighted by molar-refractivity contribution is 7.92. The molecule has 0 aliphatic carbocycles. The van der Waals surface area contributed by atoms with Crippen LogP contribution in [0.5, 0.6) is 0 Å². The molecule has 0 radical (unpaired) electrons. The highest BCUT2D eigenvalue weighted by Crippen LogP contribution is 2.16. The molecule has 0 fully saturated rings. The Labute approximate surface area is 146 Å². The fourth-order valence-corrected chi connectivity index (χ4v) is 3.30. The highest BCUT2D eigenvalue weighted by Gasteiger charge is 2.11. The van der Waals surface area contributed by atoms with E-state index in [1.54, 1.807) is 25.1 Å². The molecule has 0 saturated carbocycles. The van der Waals surface area contributed by atoms with Gasteiger partial charge in [-0.05, 0) is 31.0 Å². The zero-order valence-corrected chi connectivity index (χ0v) is 14.5. The van der Waals surface area contributed by atoms with Crippen LogP contribution < -0.4 is 10.0 Å². The van der Waals surface area contributed by atoms with Gasteiger partial charge in [-0.1, -0.05) is 35.5 Å². The van der Waals surface area contributed by atoms with Crippen LogP contribution in [0.3, 0.4) is 0 Å². The minimum Gasteiger partial charge on any atom is -0.360 e. The second kappa shape index (κ2) is 7.35. The molecule has 25 heavy (non-hydrogen) atoms. The Kier molecular flexibility index (Phi) is 4.99. The molecule has 1 aromatic carbocycles. The maximum atomic E-state index is 12.2. The van der Waals surface area contributed by atoms with Crippen LogP contribution >= 0.6 is 0 Å². The smallest absolute Gasteiger partial charge is 0.233 e. The fourth-order valence-electron chi connectivity index (χ4n) is 2.21. The van der Waals surface area contributed by atoms with Gasteiger partial charge in [0.15, 0.2) is 5.82 Å². The lowest BCUT2D eigenvalue weighted by Crippen LogP contribution is -2.18. The number of rotatable bonds is 7. The predicted octanol–water partition coefficient (Wildman–Crippen LogP) is 3.11. The SMILES string of the molecule is Cc1cc(Nc2ccc(NS(=O)(=O)CCc3ccccc3)cn2)no1. The first-order valence-corrected chi connectivity index (χ1v) is 9.36. The van der Waals surface area contributed by atoms with Gasteiger partial charge in [-0.2, -0.15) is 0 Å². The second-order valence-electron chi connectivity index (χ2n) is 5.54. The van der Waals surface area contributed by atoms with Crippen LogP contribution in [0.15, 0.2) is 59.3 Å². The van der Waals surface area contributed by atoms with Crippen LogP contribution in [0.2, 0.25) is 0 Å². The van der Waals surface area contributed by atoms with Crippen LogP contribution in [0.1, 0.15) is 11.3 Å². The third-order valence-corrected chi connectivity index (χ3v) is 4.71. The van der Waals surface area contributed by atoms with Crippen LogP contribution in [0.4, 0.5) is 17.3 Å². The summed E-state index contributed by atoms with van der Waals surface area (Å²) in [7, 11) is -3.44. The molecule has 2 N–H and O–H groups in total. The molecular formula is C17H18N4O3S. The van der Waals surface area contributed by atoms with Gasteiger partial charge in [-0.15, -0.1) is 0 Å². The highest BCUT2D eigenvalue weighted by atomic mass is 32.2. The van der Waals surface area contributed by atoms with Gasteiger partial charge >= 0.3 is 0 Å². The Morgan fingerprint density at radius 3 is 2.52 bits per heavy atom. The number of hydrogen-bond acceptors (Lipinski definition) is 6. The van der Waals surface area contributed by atoms with Crippen LogP contribution in [-0.4, -0.2) is 24.3 Å². The minimum absolute atomic E-state index is 0.00916. The van der Waals surface area contributed by atoms with Gasteiger partial charge in [-0.25, -0.2) is 13.4 Å². The Morgan fingerprint density at radius 1 is 1.08 bits per heavy atom. The largest absolute Gasteiger partial charge is 0.360 e. The number of hydrogen-bond donors (Lipinski definition) is 2. The van der Waals surface area contributed by atoms with Crippen molar-refractivity contribution < 1.29 is 12.9 Å². The molecule has 2 heterocycles. The maximum absolute atomic E-state index is 12.2. The molecule has 130 valence electrons. The second-order valence-corrected chi connectivity index (χ2v) is 7.38. The van der Waals surface area contributed by atoms with Gasteiger partial charge in [0.2, 0.25) is 10.0 Å². The Hall–Kier alpha value is -2.87. The summed E-state index contributed by atoms with van der Waals surface area (Å²) in [6.45, 7) is 1.79. The van der Waals surface area contributed by atoms with Crippen molar-refractivity contribution in [3.8, 4) is 0 Å². The van der Waals surface area contributed by atoms with Gasteiger partial charge < -0.3 is 9.84 Å². The van der Waals surface area contributed by atoms with E-state index >= 15 is 0 Å². The number of benzene rings is 1. The number of anilines is 3. The average molecular weight is 358 g/mol. The zero-order valence-electron chi connectivity index (χ0n) is 13.6. The standard InChI is InChI=1S/C17H18N4O3S/c1-13-11-17(20-24-13)19-16-8-7-15(12-18-16)21-25(22,23)10-9-14-5-3-2-4-6-14/h2-8,11-12,21H,9-10H2,1H3,(H,18,19,20). The van der Waals surface area contributed by atoms with E-state index in [-0.39, 0.29) is 5.75 Å². The summed E-state index contributed by atoms with van der Waals surface area (Å²) < 4.78 is 31.8. The van der Waals surface area contributed by atoms with Crippen LogP contribution in [0, 0.1) is 6.92 Å². The molecule has 0 aliphatic heterocycles.